The molecule has 0 bridgehead atoms. The van der Waals surface area contributed by atoms with Gasteiger partial charge in [-0.3, -0.25) is 0 Å². The number of rotatable bonds is 3. The molecule has 1 aliphatic rings. The predicted molar refractivity (Wildman–Crippen MR) is 84.8 cm³/mol. The molecule has 2 atom stereocenters. The van der Waals surface area contributed by atoms with Crippen molar-refractivity contribution in [3.05, 3.63) is 70.8 Å². The quantitative estimate of drug-likeness (QED) is 0.900. The van der Waals surface area contributed by atoms with Gasteiger partial charge in [-0.1, -0.05) is 48.5 Å². The lowest BCUT2D eigenvalue weighted by Gasteiger charge is -2.29. The van der Waals surface area contributed by atoms with E-state index < -0.39 is 0 Å². The fraction of sp³-hybridized carbons (Fsp3) is 0.368. The molecule has 0 saturated heterocycles. The molecule has 2 unspecified atom stereocenters. The van der Waals surface area contributed by atoms with E-state index in [1.807, 2.05) is 0 Å². The van der Waals surface area contributed by atoms with Crippen LogP contribution in [0.3, 0.4) is 0 Å². The molecule has 2 N–H and O–H groups in total. The van der Waals surface area contributed by atoms with E-state index in [4.69, 9.17) is 5.73 Å². The van der Waals surface area contributed by atoms with E-state index in [1.165, 1.54) is 35.1 Å². The summed E-state index contributed by atoms with van der Waals surface area (Å²) in [4.78, 5) is 0. The van der Waals surface area contributed by atoms with Gasteiger partial charge in [-0.2, -0.15) is 0 Å². The number of hydrogen-bond donors (Lipinski definition) is 1. The van der Waals surface area contributed by atoms with Crippen molar-refractivity contribution in [3.63, 3.8) is 0 Å². The Balaban J connectivity index is 1.70. The topological polar surface area (TPSA) is 26.0 Å². The van der Waals surface area contributed by atoms with Crippen LogP contribution in [0, 0.1) is 12.8 Å². The van der Waals surface area contributed by atoms with E-state index in [9.17, 15) is 0 Å². The molecule has 0 amide bonds. The number of benzene rings is 2. The van der Waals surface area contributed by atoms with E-state index in [-0.39, 0.29) is 6.04 Å². The molecule has 2 aromatic rings. The third-order valence-corrected chi connectivity index (χ3v) is 4.71. The monoisotopic (exact) mass is 265 g/mol. The molecule has 0 aromatic heterocycles. The summed E-state index contributed by atoms with van der Waals surface area (Å²) < 4.78 is 0. The van der Waals surface area contributed by atoms with Crippen LogP contribution in [0.4, 0.5) is 0 Å². The second kappa shape index (κ2) is 5.80. The van der Waals surface area contributed by atoms with Crippen LogP contribution in [0.5, 0.6) is 0 Å². The van der Waals surface area contributed by atoms with Crippen LogP contribution >= 0.6 is 0 Å². The molecule has 2 aromatic carbocycles. The van der Waals surface area contributed by atoms with Crippen molar-refractivity contribution in [2.45, 2.75) is 38.6 Å². The first-order valence-corrected chi connectivity index (χ1v) is 7.61. The average Bonchev–Trinajstić information content (AvgIpc) is 2.49. The highest BCUT2D eigenvalue weighted by Crippen LogP contribution is 2.28. The lowest BCUT2D eigenvalue weighted by atomic mass is 9.78. The van der Waals surface area contributed by atoms with Crippen LogP contribution < -0.4 is 5.73 Å². The first kappa shape index (κ1) is 13.4. The van der Waals surface area contributed by atoms with Crippen molar-refractivity contribution in [2.75, 3.05) is 0 Å². The maximum Gasteiger partial charge on any atom is 0.0111 e. The molecule has 0 aliphatic heterocycles. The summed E-state index contributed by atoms with van der Waals surface area (Å²) in [5, 5.41) is 0. The molecule has 3 rings (SSSR count). The van der Waals surface area contributed by atoms with Gasteiger partial charge in [0.1, 0.15) is 0 Å². The molecule has 0 saturated carbocycles. The fourth-order valence-electron chi connectivity index (χ4n) is 3.35. The maximum absolute atomic E-state index is 6.51. The summed E-state index contributed by atoms with van der Waals surface area (Å²) in [6, 6.07) is 17.7. The molecule has 0 radical (unpaired) electrons. The molecule has 0 heterocycles. The zero-order valence-electron chi connectivity index (χ0n) is 12.2. The van der Waals surface area contributed by atoms with Gasteiger partial charge < -0.3 is 5.73 Å². The van der Waals surface area contributed by atoms with Gasteiger partial charge in [-0.05, 0) is 60.8 Å². The highest BCUT2D eigenvalue weighted by molar-refractivity contribution is 5.31. The Morgan fingerprint density at radius 1 is 1.05 bits per heavy atom. The third-order valence-electron chi connectivity index (χ3n) is 4.71. The predicted octanol–water partition coefficient (Wildman–Crippen LogP) is 3.67. The molecule has 1 aliphatic carbocycles. The Morgan fingerprint density at radius 2 is 1.75 bits per heavy atom. The Morgan fingerprint density at radius 3 is 2.55 bits per heavy atom. The number of hydrogen-bond acceptors (Lipinski definition) is 1. The minimum atomic E-state index is 0.268. The molecule has 1 heteroatoms. The van der Waals surface area contributed by atoms with Gasteiger partial charge in [-0.25, -0.2) is 0 Å². The highest BCUT2D eigenvalue weighted by atomic mass is 14.6. The molecule has 104 valence electrons. The third kappa shape index (κ3) is 2.78. The summed E-state index contributed by atoms with van der Waals surface area (Å²) in [6.07, 6.45) is 4.55. The first-order valence-electron chi connectivity index (χ1n) is 7.61. The van der Waals surface area contributed by atoms with Crippen molar-refractivity contribution < 1.29 is 0 Å². The van der Waals surface area contributed by atoms with Crippen molar-refractivity contribution in [2.24, 2.45) is 11.7 Å². The Kier molecular flexibility index (Phi) is 3.88. The number of fused-ring (bicyclic) bond motifs is 1. The molecule has 0 fully saturated rings. The first-order chi connectivity index (χ1) is 9.74. The van der Waals surface area contributed by atoms with Gasteiger partial charge in [0.15, 0.2) is 0 Å². The second-order valence-electron chi connectivity index (χ2n) is 6.07. The van der Waals surface area contributed by atoms with Gasteiger partial charge in [0, 0.05) is 6.04 Å². The Labute approximate surface area is 121 Å². The number of aryl methyl sites for hydroxylation is 2. The van der Waals surface area contributed by atoms with Crippen LogP contribution in [0.2, 0.25) is 0 Å². The van der Waals surface area contributed by atoms with Crippen LogP contribution in [0.1, 0.15) is 28.7 Å². The van der Waals surface area contributed by atoms with E-state index in [0.717, 1.165) is 12.8 Å². The van der Waals surface area contributed by atoms with Crippen molar-refractivity contribution in [1.82, 2.24) is 0 Å². The summed E-state index contributed by atoms with van der Waals surface area (Å²) in [6.45, 7) is 2.18. The van der Waals surface area contributed by atoms with Gasteiger partial charge in [0.2, 0.25) is 0 Å². The molecule has 0 spiro atoms. The van der Waals surface area contributed by atoms with Crippen LogP contribution in [-0.2, 0) is 19.3 Å². The van der Waals surface area contributed by atoms with Crippen molar-refractivity contribution in [1.29, 1.82) is 0 Å². The summed E-state index contributed by atoms with van der Waals surface area (Å²) in [5.41, 5.74) is 12.3. The fourth-order valence-corrected chi connectivity index (χ4v) is 3.35. The van der Waals surface area contributed by atoms with Crippen LogP contribution in [-0.4, -0.2) is 6.04 Å². The van der Waals surface area contributed by atoms with Gasteiger partial charge in [0.25, 0.3) is 0 Å². The molecule has 20 heavy (non-hydrogen) atoms. The number of nitrogens with two attached hydrogens (primary N) is 1. The van der Waals surface area contributed by atoms with Crippen LogP contribution in [0.15, 0.2) is 48.5 Å². The van der Waals surface area contributed by atoms with Crippen molar-refractivity contribution >= 4 is 0 Å². The largest absolute Gasteiger partial charge is 0.327 e. The molecule has 1 nitrogen and oxygen atoms in total. The summed E-state index contributed by atoms with van der Waals surface area (Å²) in [7, 11) is 0. The minimum Gasteiger partial charge on any atom is -0.327 e. The minimum absolute atomic E-state index is 0.268. The normalized spacial score (nSPS) is 19.4. The lowest BCUT2D eigenvalue weighted by molar-refractivity contribution is 0.372. The van der Waals surface area contributed by atoms with E-state index in [2.05, 4.69) is 55.5 Å². The van der Waals surface area contributed by atoms with Gasteiger partial charge in [0.05, 0.1) is 0 Å². The summed E-state index contributed by atoms with van der Waals surface area (Å²) >= 11 is 0. The van der Waals surface area contributed by atoms with E-state index in [1.54, 1.807) is 0 Å². The Bertz CT molecular complexity index is 588. The smallest absolute Gasteiger partial charge is 0.0111 e. The van der Waals surface area contributed by atoms with Gasteiger partial charge >= 0.3 is 0 Å². The van der Waals surface area contributed by atoms with Crippen molar-refractivity contribution in [3.8, 4) is 0 Å². The zero-order valence-corrected chi connectivity index (χ0v) is 12.2. The molecular weight excluding hydrogens is 242 g/mol. The Hall–Kier alpha value is -1.60. The zero-order chi connectivity index (χ0) is 13.9. The molecular formula is C19H23N. The highest BCUT2D eigenvalue weighted by Gasteiger charge is 2.24. The standard InChI is InChI=1S/C19H23N/c1-14-6-2-3-8-16(14)13-19(20)18-11-10-15-7-4-5-9-17(15)12-18/h2-9,18-19H,10-13,20H2,1H3. The SMILES string of the molecule is Cc1ccccc1CC(N)C1CCc2ccccc2C1. The second-order valence-corrected chi connectivity index (χ2v) is 6.07. The van der Waals surface area contributed by atoms with E-state index >= 15 is 0 Å². The average molecular weight is 265 g/mol. The summed E-state index contributed by atoms with van der Waals surface area (Å²) in [5.74, 6) is 0.615. The van der Waals surface area contributed by atoms with Crippen LogP contribution in [0.25, 0.3) is 0 Å². The lowest BCUT2D eigenvalue weighted by Crippen LogP contribution is -2.36. The maximum atomic E-state index is 6.51. The van der Waals surface area contributed by atoms with Gasteiger partial charge in [-0.15, -0.1) is 0 Å². The van der Waals surface area contributed by atoms with E-state index in [0.29, 0.717) is 5.92 Å².